The van der Waals surface area contributed by atoms with Crippen LogP contribution in [0, 0.1) is 5.82 Å². The number of benzene rings is 3. The van der Waals surface area contributed by atoms with Crippen LogP contribution in [-0.4, -0.2) is 19.5 Å². The summed E-state index contributed by atoms with van der Waals surface area (Å²) in [6.07, 6.45) is 1.57. The third-order valence-electron chi connectivity index (χ3n) is 4.42. The maximum Gasteiger partial charge on any atom is 0.268 e. The Hall–Kier alpha value is -3.12. The van der Waals surface area contributed by atoms with Gasteiger partial charge in [-0.15, -0.1) is 0 Å². The molecule has 0 radical (unpaired) electrons. The number of rotatable bonds is 4. The summed E-state index contributed by atoms with van der Waals surface area (Å²) >= 11 is 0. The van der Waals surface area contributed by atoms with Crippen molar-refractivity contribution < 1.29 is 17.5 Å². The van der Waals surface area contributed by atoms with E-state index in [-0.39, 0.29) is 4.90 Å². The first-order chi connectivity index (χ1) is 13.0. The van der Waals surface area contributed by atoms with E-state index in [4.69, 9.17) is 4.74 Å². The summed E-state index contributed by atoms with van der Waals surface area (Å²) in [4.78, 5) is -0.102. The summed E-state index contributed by atoms with van der Waals surface area (Å²) in [6.45, 7) is 0. The molecule has 4 nitrogen and oxygen atoms in total. The van der Waals surface area contributed by atoms with E-state index in [1.807, 2.05) is 30.3 Å². The Morgan fingerprint density at radius 2 is 1.70 bits per heavy atom. The number of fused-ring (bicyclic) bond motifs is 1. The first-order valence-electron chi connectivity index (χ1n) is 8.26. The number of methoxy groups -OCH3 is 1. The molecule has 4 aromatic rings. The molecule has 0 saturated carbocycles. The summed E-state index contributed by atoms with van der Waals surface area (Å²) in [5.74, 6) is 0.0260. The van der Waals surface area contributed by atoms with E-state index in [2.05, 4.69) is 0 Å². The second-order valence-electron chi connectivity index (χ2n) is 6.05. The van der Waals surface area contributed by atoms with Gasteiger partial charge in [0.25, 0.3) is 10.0 Å². The van der Waals surface area contributed by atoms with Crippen molar-refractivity contribution in [2.45, 2.75) is 4.90 Å². The Labute approximate surface area is 156 Å². The van der Waals surface area contributed by atoms with Crippen molar-refractivity contribution >= 4 is 20.9 Å². The molecule has 0 aliphatic carbocycles. The first kappa shape index (κ1) is 17.3. The van der Waals surface area contributed by atoms with E-state index in [1.165, 1.54) is 22.2 Å². The van der Waals surface area contributed by atoms with E-state index in [1.54, 1.807) is 31.5 Å². The van der Waals surface area contributed by atoms with Crippen LogP contribution in [0.3, 0.4) is 0 Å². The molecule has 0 atom stereocenters. The fraction of sp³-hybridized carbons (Fsp3) is 0.0476. The van der Waals surface area contributed by atoms with Gasteiger partial charge in [-0.3, -0.25) is 0 Å². The molecule has 0 saturated heterocycles. The van der Waals surface area contributed by atoms with Crippen molar-refractivity contribution in [2.24, 2.45) is 0 Å². The molecule has 0 bridgehead atoms. The van der Waals surface area contributed by atoms with Gasteiger partial charge in [0.2, 0.25) is 0 Å². The largest absolute Gasteiger partial charge is 0.497 e. The Kier molecular flexibility index (Phi) is 4.20. The maximum atomic E-state index is 13.6. The molecule has 6 heteroatoms. The SMILES string of the molecule is COc1ccc2c(c1)c(-c1ccccc1)cn2S(=O)(=O)c1cccc(F)c1. The number of nitrogens with zero attached hydrogens (tertiary/aromatic N) is 1. The summed E-state index contributed by atoms with van der Waals surface area (Å²) < 4.78 is 46.4. The number of aromatic nitrogens is 1. The molecule has 0 amide bonds. The standard InChI is InChI=1S/C21H16FNO3S/c1-26-17-10-11-21-19(13-17)20(15-6-3-2-4-7-15)14-23(21)27(24,25)18-9-5-8-16(22)12-18/h2-14H,1H3. The van der Waals surface area contributed by atoms with Crippen molar-refractivity contribution in [3.05, 3.63) is 84.8 Å². The van der Waals surface area contributed by atoms with Crippen molar-refractivity contribution in [3.63, 3.8) is 0 Å². The third kappa shape index (κ3) is 2.98. The van der Waals surface area contributed by atoms with Crippen LogP contribution in [0.2, 0.25) is 0 Å². The Morgan fingerprint density at radius 3 is 2.41 bits per heavy atom. The molecular weight excluding hydrogens is 365 g/mol. The molecule has 27 heavy (non-hydrogen) atoms. The predicted molar refractivity (Wildman–Crippen MR) is 103 cm³/mol. The fourth-order valence-corrected chi connectivity index (χ4v) is 4.50. The van der Waals surface area contributed by atoms with Gasteiger partial charge in [-0.2, -0.15) is 0 Å². The van der Waals surface area contributed by atoms with Crippen LogP contribution in [0.1, 0.15) is 0 Å². The highest BCUT2D eigenvalue weighted by Gasteiger charge is 2.22. The van der Waals surface area contributed by atoms with Crippen LogP contribution in [0.25, 0.3) is 22.0 Å². The second-order valence-corrected chi connectivity index (χ2v) is 7.87. The van der Waals surface area contributed by atoms with Crippen LogP contribution < -0.4 is 4.74 Å². The molecule has 1 aromatic heterocycles. The predicted octanol–water partition coefficient (Wildman–Crippen LogP) is 4.69. The molecule has 0 spiro atoms. The van der Waals surface area contributed by atoms with Crippen LogP contribution in [0.5, 0.6) is 5.75 Å². The molecule has 4 rings (SSSR count). The minimum Gasteiger partial charge on any atom is -0.497 e. The molecular formula is C21H16FNO3S. The van der Waals surface area contributed by atoms with Crippen molar-refractivity contribution in [1.29, 1.82) is 0 Å². The van der Waals surface area contributed by atoms with Gasteiger partial charge >= 0.3 is 0 Å². The lowest BCUT2D eigenvalue weighted by Crippen LogP contribution is -2.12. The summed E-state index contributed by atoms with van der Waals surface area (Å²) in [7, 11) is -2.40. The van der Waals surface area contributed by atoms with Crippen LogP contribution in [0.4, 0.5) is 4.39 Å². The highest BCUT2D eigenvalue weighted by atomic mass is 32.2. The monoisotopic (exact) mass is 381 g/mol. The smallest absolute Gasteiger partial charge is 0.268 e. The van der Waals surface area contributed by atoms with Gasteiger partial charge in [-0.05, 0) is 42.0 Å². The molecule has 0 unspecified atom stereocenters. The zero-order valence-electron chi connectivity index (χ0n) is 14.5. The van der Waals surface area contributed by atoms with Crippen molar-refractivity contribution in [2.75, 3.05) is 7.11 Å². The zero-order chi connectivity index (χ0) is 19.0. The lowest BCUT2D eigenvalue weighted by molar-refractivity contribution is 0.415. The van der Waals surface area contributed by atoms with E-state index in [0.717, 1.165) is 22.6 Å². The van der Waals surface area contributed by atoms with Gasteiger partial charge < -0.3 is 4.74 Å². The molecule has 0 fully saturated rings. The lowest BCUT2D eigenvalue weighted by Gasteiger charge is -2.08. The molecule has 136 valence electrons. The molecule has 0 aliphatic heterocycles. The Balaban J connectivity index is 2.02. The average Bonchev–Trinajstić information content (AvgIpc) is 3.08. The van der Waals surface area contributed by atoms with E-state index in [0.29, 0.717) is 11.3 Å². The quantitative estimate of drug-likeness (QED) is 0.515. The highest BCUT2D eigenvalue weighted by Crippen LogP contribution is 2.35. The van der Waals surface area contributed by atoms with Crippen LogP contribution in [-0.2, 0) is 10.0 Å². The normalized spacial score (nSPS) is 11.6. The maximum absolute atomic E-state index is 13.6. The van der Waals surface area contributed by atoms with Crippen LogP contribution in [0.15, 0.2) is 83.9 Å². The summed E-state index contributed by atoms with van der Waals surface area (Å²) in [6, 6.07) is 19.7. The van der Waals surface area contributed by atoms with E-state index < -0.39 is 15.8 Å². The molecule has 0 N–H and O–H groups in total. The molecule has 0 aliphatic rings. The molecule has 1 heterocycles. The minimum atomic E-state index is -3.96. The first-order valence-corrected chi connectivity index (χ1v) is 9.70. The van der Waals surface area contributed by atoms with Gasteiger partial charge in [0.1, 0.15) is 11.6 Å². The van der Waals surface area contributed by atoms with Gasteiger partial charge in [0, 0.05) is 17.1 Å². The van der Waals surface area contributed by atoms with E-state index in [9.17, 15) is 12.8 Å². The summed E-state index contributed by atoms with van der Waals surface area (Å²) in [5.41, 5.74) is 2.13. The van der Waals surface area contributed by atoms with Gasteiger partial charge in [-0.1, -0.05) is 36.4 Å². The van der Waals surface area contributed by atoms with Crippen molar-refractivity contribution in [1.82, 2.24) is 3.97 Å². The van der Waals surface area contributed by atoms with Crippen LogP contribution >= 0.6 is 0 Å². The van der Waals surface area contributed by atoms with Crippen molar-refractivity contribution in [3.8, 4) is 16.9 Å². The second kappa shape index (κ2) is 6.55. The highest BCUT2D eigenvalue weighted by molar-refractivity contribution is 7.90. The number of halogens is 1. The third-order valence-corrected chi connectivity index (χ3v) is 6.09. The zero-order valence-corrected chi connectivity index (χ0v) is 15.3. The number of hydrogen-bond acceptors (Lipinski definition) is 3. The van der Waals surface area contributed by atoms with Gasteiger partial charge in [0.05, 0.1) is 17.5 Å². The Morgan fingerprint density at radius 1 is 0.926 bits per heavy atom. The Bertz CT molecular complexity index is 1230. The summed E-state index contributed by atoms with van der Waals surface area (Å²) in [5, 5.41) is 0.737. The van der Waals surface area contributed by atoms with Gasteiger partial charge in [0.15, 0.2) is 0 Å². The van der Waals surface area contributed by atoms with E-state index >= 15 is 0 Å². The fourth-order valence-electron chi connectivity index (χ4n) is 3.09. The molecule has 3 aromatic carbocycles. The average molecular weight is 381 g/mol. The number of hydrogen-bond donors (Lipinski definition) is 0. The topological polar surface area (TPSA) is 48.3 Å². The minimum absolute atomic E-state index is 0.102. The number of ether oxygens (including phenoxy) is 1. The lowest BCUT2D eigenvalue weighted by atomic mass is 10.0. The van der Waals surface area contributed by atoms with Gasteiger partial charge in [-0.25, -0.2) is 16.8 Å².